The summed E-state index contributed by atoms with van der Waals surface area (Å²) in [6.07, 6.45) is 1.41. The molecule has 1 amide bonds. The number of nitrogens with zero attached hydrogens (tertiary/aromatic N) is 1. The van der Waals surface area contributed by atoms with Crippen LogP contribution < -0.4 is 20.5 Å². The van der Waals surface area contributed by atoms with E-state index in [1.54, 1.807) is 5.38 Å². The van der Waals surface area contributed by atoms with Crippen molar-refractivity contribution in [2.45, 2.75) is 26.7 Å². The first-order valence-electron chi connectivity index (χ1n) is 8.49. The average Bonchev–Trinajstić information content (AvgIpc) is 3.06. The second-order valence-electron chi connectivity index (χ2n) is 5.32. The van der Waals surface area contributed by atoms with Gasteiger partial charge in [-0.1, -0.05) is 6.07 Å². The smallest absolute Gasteiger partial charge is 0.270 e. The molecule has 0 spiro atoms. The topological polar surface area (TPSA) is 86.5 Å². The predicted octanol–water partition coefficient (Wildman–Crippen LogP) is 2.84. The Hall–Kier alpha value is -1.83. The van der Waals surface area contributed by atoms with Crippen LogP contribution in [0.4, 0.5) is 0 Å². The van der Waals surface area contributed by atoms with Gasteiger partial charge in [0.1, 0.15) is 5.69 Å². The largest absolute Gasteiger partial charge is 0.490 e. The third kappa shape index (κ3) is 6.48. The molecule has 144 valence electrons. The Bertz CT molecular complexity index is 694. The summed E-state index contributed by atoms with van der Waals surface area (Å²) >= 11 is 1.46. The molecule has 8 heteroatoms. The van der Waals surface area contributed by atoms with Crippen LogP contribution in [0.15, 0.2) is 23.6 Å². The number of hydrogen-bond acceptors (Lipinski definition) is 6. The second-order valence-corrected chi connectivity index (χ2v) is 6.26. The molecule has 0 atom stereocenters. The number of aromatic nitrogens is 1. The van der Waals surface area contributed by atoms with Gasteiger partial charge in [-0.2, -0.15) is 0 Å². The maximum absolute atomic E-state index is 12.1. The fourth-order valence-corrected chi connectivity index (χ4v) is 3.11. The quantitative estimate of drug-likeness (QED) is 0.641. The lowest BCUT2D eigenvalue weighted by Crippen LogP contribution is -2.26. The Morgan fingerprint density at radius 1 is 1.19 bits per heavy atom. The van der Waals surface area contributed by atoms with Crippen molar-refractivity contribution in [1.29, 1.82) is 0 Å². The molecule has 6 nitrogen and oxygen atoms in total. The molecule has 1 aromatic carbocycles. The van der Waals surface area contributed by atoms with Crippen molar-refractivity contribution < 1.29 is 14.3 Å². The molecule has 0 unspecified atom stereocenters. The number of rotatable bonds is 10. The maximum Gasteiger partial charge on any atom is 0.270 e. The van der Waals surface area contributed by atoms with E-state index in [9.17, 15) is 4.79 Å². The number of ether oxygens (including phenoxy) is 2. The Morgan fingerprint density at radius 2 is 1.92 bits per heavy atom. The van der Waals surface area contributed by atoms with E-state index in [4.69, 9.17) is 15.2 Å². The predicted molar refractivity (Wildman–Crippen MR) is 107 cm³/mol. The summed E-state index contributed by atoms with van der Waals surface area (Å²) in [5.41, 5.74) is 7.03. The van der Waals surface area contributed by atoms with Crippen LogP contribution in [0.5, 0.6) is 11.5 Å². The zero-order valence-electron chi connectivity index (χ0n) is 15.1. The highest BCUT2D eigenvalue weighted by atomic mass is 35.5. The highest BCUT2D eigenvalue weighted by Crippen LogP contribution is 2.28. The number of nitrogens with two attached hydrogens (primary N) is 1. The summed E-state index contributed by atoms with van der Waals surface area (Å²) in [7, 11) is 0. The lowest BCUT2D eigenvalue weighted by atomic mass is 10.1. The first-order chi connectivity index (χ1) is 12.2. The number of carbonyl (C=O) groups is 1. The van der Waals surface area contributed by atoms with Crippen LogP contribution in [-0.4, -0.2) is 37.2 Å². The van der Waals surface area contributed by atoms with E-state index in [1.807, 2.05) is 32.0 Å². The molecule has 1 heterocycles. The van der Waals surface area contributed by atoms with Gasteiger partial charge in [0.05, 0.1) is 18.2 Å². The van der Waals surface area contributed by atoms with Crippen LogP contribution in [0, 0.1) is 0 Å². The van der Waals surface area contributed by atoms with E-state index in [0.717, 1.165) is 22.1 Å². The Balaban J connectivity index is 0.00000338. The summed E-state index contributed by atoms with van der Waals surface area (Å²) in [6.45, 7) is 6.12. The van der Waals surface area contributed by atoms with Gasteiger partial charge in [0.2, 0.25) is 0 Å². The molecule has 3 N–H and O–H groups in total. The number of benzene rings is 1. The SMILES string of the molecule is CCOc1ccc(CCNC(=O)c2csc(CCN)n2)cc1OCC.Cl. The van der Waals surface area contributed by atoms with E-state index in [2.05, 4.69) is 10.3 Å². The molecular formula is C18H26ClN3O3S. The lowest BCUT2D eigenvalue weighted by Gasteiger charge is -2.12. The first kappa shape index (κ1) is 22.2. The second kappa shape index (κ2) is 11.7. The number of nitrogens with one attached hydrogen (secondary N) is 1. The van der Waals surface area contributed by atoms with E-state index in [-0.39, 0.29) is 18.3 Å². The minimum Gasteiger partial charge on any atom is -0.490 e. The molecule has 0 bridgehead atoms. The molecule has 2 aromatic rings. The number of thiazole rings is 1. The maximum atomic E-state index is 12.1. The van der Waals surface area contributed by atoms with Crippen LogP contribution in [0.3, 0.4) is 0 Å². The van der Waals surface area contributed by atoms with E-state index < -0.39 is 0 Å². The van der Waals surface area contributed by atoms with Gasteiger partial charge in [-0.15, -0.1) is 23.7 Å². The van der Waals surface area contributed by atoms with Crippen molar-refractivity contribution in [2.24, 2.45) is 5.73 Å². The van der Waals surface area contributed by atoms with Crippen molar-refractivity contribution in [2.75, 3.05) is 26.3 Å². The van der Waals surface area contributed by atoms with Crippen molar-refractivity contribution in [3.05, 3.63) is 39.8 Å². The van der Waals surface area contributed by atoms with Gasteiger partial charge in [-0.05, 0) is 44.5 Å². The molecule has 0 saturated heterocycles. The molecule has 0 aliphatic carbocycles. The third-order valence-electron chi connectivity index (χ3n) is 3.45. The summed E-state index contributed by atoms with van der Waals surface area (Å²) in [4.78, 5) is 16.4. The molecule has 0 aliphatic rings. The Morgan fingerprint density at radius 3 is 2.62 bits per heavy atom. The average molecular weight is 400 g/mol. The summed E-state index contributed by atoms with van der Waals surface area (Å²) in [6, 6.07) is 5.86. The van der Waals surface area contributed by atoms with Crippen LogP contribution in [0.2, 0.25) is 0 Å². The number of carbonyl (C=O) groups excluding carboxylic acids is 1. The van der Waals surface area contributed by atoms with Crippen LogP contribution in [-0.2, 0) is 12.8 Å². The van der Waals surface area contributed by atoms with Gasteiger partial charge in [0.15, 0.2) is 11.5 Å². The summed E-state index contributed by atoms with van der Waals surface area (Å²) < 4.78 is 11.2. The Kier molecular flexibility index (Phi) is 10.0. The molecule has 26 heavy (non-hydrogen) atoms. The van der Waals surface area contributed by atoms with Crippen molar-refractivity contribution in [3.63, 3.8) is 0 Å². The number of hydrogen-bond donors (Lipinski definition) is 2. The molecular weight excluding hydrogens is 374 g/mol. The van der Waals surface area contributed by atoms with Gasteiger partial charge in [0.25, 0.3) is 5.91 Å². The fourth-order valence-electron chi connectivity index (χ4n) is 2.32. The number of amides is 1. The third-order valence-corrected chi connectivity index (χ3v) is 4.36. The van der Waals surface area contributed by atoms with Crippen LogP contribution in [0.1, 0.15) is 34.9 Å². The van der Waals surface area contributed by atoms with Gasteiger partial charge < -0.3 is 20.5 Å². The van der Waals surface area contributed by atoms with E-state index in [1.165, 1.54) is 11.3 Å². The van der Waals surface area contributed by atoms with E-state index >= 15 is 0 Å². The zero-order chi connectivity index (χ0) is 18.1. The van der Waals surface area contributed by atoms with Crippen LogP contribution in [0.25, 0.3) is 0 Å². The normalized spacial score (nSPS) is 10.1. The van der Waals surface area contributed by atoms with Gasteiger partial charge in [0, 0.05) is 18.3 Å². The lowest BCUT2D eigenvalue weighted by molar-refractivity contribution is 0.0949. The molecule has 0 fully saturated rings. The first-order valence-corrected chi connectivity index (χ1v) is 9.37. The highest BCUT2D eigenvalue weighted by molar-refractivity contribution is 7.09. The van der Waals surface area contributed by atoms with Gasteiger partial charge in [-0.25, -0.2) is 4.98 Å². The minimum atomic E-state index is -0.157. The molecule has 2 rings (SSSR count). The highest BCUT2D eigenvalue weighted by Gasteiger charge is 2.11. The van der Waals surface area contributed by atoms with Gasteiger partial charge >= 0.3 is 0 Å². The molecule has 1 aromatic heterocycles. The van der Waals surface area contributed by atoms with Crippen molar-refractivity contribution in [3.8, 4) is 11.5 Å². The standard InChI is InChI=1S/C18H25N3O3S.ClH/c1-3-23-15-6-5-13(11-16(15)24-4-2)8-10-20-18(22)14-12-25-17(21-14)7-9-19;/h5-6,11-12H,3-4,7-10,19H2,1-2H3,(H,20,22);1H. The van der Waals surface area contributed by atoms with Crippen LogP contribution >= 0.6 is 23.7 Å². The van der Waals surface area contributed by atoms with Crippen molar-refractivity contribution >= 4 is 29.7 Å². The minimum absolute atomic E-state index is 0. The monoisotopic (exact) mass is 399 g/mol. The molecule has 0 aliphatic heterocycles. The fraction of sp³-hybridized carbons (Fsp3) is 0.444. The van der Waals surface area contributed by atoms with Gasteiger partial charge in [-0.3, -0.25) is 4.79 Å². The zero-order valence-corrected chi connectivity index (χ0v) is 16.8. The molecule has 0 saturated carbocycles. The molecule has 0 radical (unpaired) electrons. The Labute approximate surface area is 164 Å². The summed E-state index contributed by atoms with van der Waals surface area (Å²) in [5, 5.41) is 5.55. The van der Waals surface area contributed by atoms with Crippen molar-refractivity contribution in [1.82, 2.24) is 10.3 Å². The number of halogens is 1. The summed E-state index contributed by atoms with van der Waals surface area (Å²) in [5.74, 6) is 1.32. The van der Waals surface area contributed by atoms with E-state index in [0.29, 0.717) is 44.8 Å².